The van der Waals surface area contributed by atoms with Gasteiger partial charge >= 0.3 is 0 Å². The second-order valence-corrected chi connectivity index (χ2v) is 3.22. The summed E-state index contributed by atoms with van der Waals surface area (Å²) < 4.78 is 4.73. The minimum Gasteiger partial charge on any atom is -0.548 e. The molecule has 1 atom stereocenters. The van der Waals surface area contributed by atoms with E-state index in [1.165, 1.54) is 0 Å². The third-order valence-corrected chi connectivity index (χ3v) is 1.64. The number of aliphatic carboxylic acids is 1. The normalized spacial score (nSPS) is 12.0. The van der Waals surface area contributed by atoms with Crippen molar-refractivity contribution in [1.29, 1.82) is 0 Å². The van der Waals surface area contributed by atoms with Crippen LogP contribution in [0.25, 0.3) is 0 Å². The number of carbonyl (C=O) groups excluding carboxylic acids is 1. The van der Waals surface area contributed by atoms with Crippen LogP contribution in [0.4, 0.5) is 0 Å². The first-order chi connectivity index (χ1) is 8.66. The molecule has 0 aliphatic rings. The maximum absolute atomic E-state index is 9.98. The van der Waals surface area contributed by atoms with Crippen LogP contribution in [0.3, 0.4) is 0 Å². The molecular formula is C14H15O4-. The van der Waals surface area contributed by atoms with Crippen molar-refractivity contribution in [2.75, 3.05) is 13.2 Å². The monoisotopic (exact) mass is 247 g/mol. The first-order valence-corrected chi connectivity index (χ1v) is 5.37. The third-order valence-electron chi connectivity index (χ3n) is 1.64. The van der Waals surface area contributed by atoms with Crippen molar-refractivity contribution >= 4 is 5.97 Å². The highest BCUT2D eigenvalue weighted by Crippen LogP contribution is 1.91. The molecule has 0 aromatic rings. The number of terminal acetylenes is 1. The van der Waals surface area contributed by atoms with Gasteiger partial charge in [0.25, 0.3) is 0 Å². The molecule has 0 rings (SSSR count). The number of aliphatic hydroxyl groups is 1. The fourth-order valence-corrected chi connectivity index (χ4v) is 0.895. The van der Waals surface area contributed by atoms with Crippen LogP contribution in [0, 0.1) is 24.2 Å². The van der Waals surface area contributed by atoms with Gasteiger partial charge in [0, 0.05) is 12.8 Å². The van der Waals surface area contributed by atoms with Crippen LogP contribution in [0.15, 0.2) is 24.3 Å². The molecule has 0 radical (unpaired) electrons. The Balaban J connectivity index is 3.64. The maximum Gasteiger partial charge on any atom is 0.0861 e. The Bertz CT molecular complexity index is 390. The molecule has 0 aliphatic heterocycles. The molecule has 0 saturated carbocycles. The minimum absolute atomic E-state index is 0.255. The van der Waals surface area contributed by atoms with Crippen LogP contribution in [0.2, 0.25) is 0 Å². The highest BCUT2D eigenvalue weighted by molar-refractivity contribution is 5.65. The van der Waals surface area contributed by atoms with Crippen molar-refractivity contribution in [2.24, 2.45) is 0 Å². The van der Waals surface area contributed by atoms with E-state index in [1.54, 1.807) is 24.3 Å². The minimum atomic E-state index is -1.24. The second kappa shape index (κ2) is 11.5. The molecule has 0 fully saturated rings. The van der Waals surface area contributed by atoms with E-state index in [2.05, 4.69) is 17.8 Å². The van der Waals surface area contributed by atoms with E-state index in [0.29, 0.717) is 6.42 Å². The molecule has 0 aromatic heterocycles. The van der Waals surface area contributed by atoms with E-state index in [4.69, 9.17) is 11.2 Å². The second-order valence-electron chi connectivity index (χ2n) is 3.22. The van der Waals surface area contributed by atoms with Gasteiger partial charge in [0.2, 0.25) is 0 Å². The van der Waals surface area contributed by atoms with Crippen molar-refractivity contribution in [3.8, 4) is 24.2 Å². The summed E-state index contributed by atoms with van der Waals surface area (Å²) in [6, 6.07) is 0. The van der Waals surface area contributed by atoms with Crippen LogP contribution in [-0.2, 0) is 9.53 Å². The van der Waals surface area contributed by atoms with Crippen LogP contribution < -0.4 is 5.11 Å². The molecular weight excluding hydrogens is 232 g/mol. The molecule has 0 aliphatic carbocycles. The predicted molar refractivity (Wildman–Crippen MR) is 66.0 cm³/mol. The lowest BCUT2D eigenvalue weighted by Crippen LogP contribution is -2.27. The van der Waals surface area contributed by atoms with Gasteiger partial charge in [0.05, 0.1) is 25.3 Å². The number of carbonyl (C=O) groups is 1. The zero-order valence-corrected chi connectivity index (χ0v) is 9.96. The number of hydrogen-bond donors (Lipinski definition) is 1. The van der Waals surface area contributed by atoms with Gasteiger partial charge in [0.15, 0.2) is 0 Å². The van der Waals surface area contributed by atoms with Crippen LogP contribution >= 0.6 is 0 Å². The molecule has 0 aromatic carbocycles. The molecule has 0 saturated heterocycles. The van der Waals surface area contributed by atoms with Gasteiger partial charge in [-0.3, -0.25) is 0 Å². The summed E-state index contributed by atoms with van der Waals surface area (Å²) in [6.07, 6.45) is 11.6. The summed E-state index contributed by atoms with van der Waals surface area (Å²) in [7, 11) is 0. The van der Waals surface area contributed by atoms with Crippen molar-refractivity contribution in [3.05, 3.63) is 24.3 Å². The Labute approximate surface area is 107 Å². The fraction of sp³-hybridized carbons (Fsp3) is 0.357. The summed E-state index contributed by atoms with van der Waals surface area (Å²) in [5, 5.41) is 19.2. The third kappa shape index (κ3) is 12.1. The standard InChI is InChI=1S/C14H16O4/c1-2-9-13(15)10-7-5-3-4-6-8-11-18-12-14(16)17/h1,3,5,7,10,13,15H,8-9,11-12H2,(H,16,17)/p-1/b5-3+,10-7+/t13-/m1/s1. The Kier molecular flexibility index (Phi) is 10.2. The van der Waals surface area contributed by atoms with E-state index in [1.807, 2.05) is 0 Å². The Morgan fingerprint density at radius 2 is 2.28 bits per heavy atom. The number of rotatable bonds is 7. The highest BCUT2D eigenvalue weighted by atomic mass is 16.5. The van der Waals surface area contributed by atoms with E-state index in [-0.39, 0.29) is 13.0 Å². The van der Waals surface area contributed by atoms with E-state index in [9.17, 15) is 15.0 Å². The number of carboxylic acid groups (broad SMARTS) is 1. The Morgan fingerprint density at radius 3 is 2.94 bits per heavy atom. The SMILES string of the molecule is C#CC[C@@H](O)/C=C/C=C/C#CCCOCC(=O)[O-]. The topological polar surface area (TPSA) is 69.6 Å². The summed E-state index contributed by atoms with van der Waals surface area (Å²) in [5.74, 6) is 6.61. The molecule has 4 heteroatoms. The van der Waals surface area contributed by atoms with Gasteiger partial charge in [-0.2, -0.15) is 0 Å². The van der Waals surface area contributed by atoms with Crippen molar-refractivity contribution in [2.45, 2.75) is 18.9 Å². The molecule has 0 bridgehead atoms. The van der Waals surface area contributed by atoms with Gasteiger partial charge < -0.3 is 19.7 Å². The lowest BCUT2D eigenvalue weighted by molar-refractivity contribution is -0.309. The van der Waals surface area contributed by atoms with Crippen molar-refractivity contribution in [3.63, 3.8) is 0 Å². The lowest BCUT2D eigenvalue weighted by atomic mass is 10.2. The van der Waals surface area contributed by atoms with Gasteiger partial charge in [-0.25, -0.2) is 0 Å². The molecule has 4 nitrogen and oxygen atoms in total. The average molecular weight is 247 g/mol. The van der Waals surface area contributed by atoms with Gasteiger partial charge in [-0.05, 0) is 6.08 Å². The summed E-state index contributed by atoms with van der Waals surface area (Å²) >= 11 is 0. The van der Waals surface area contributed by atoms with Crippen molar-refractivity contribution in [1.82, 2.24) is 0 Å². The molecule has 0 heterocycles. The van der Waals surface area contributed by atoms with Crippen molar-refractivity contribution < 1.29 is 19.7 Å². The molecule has 0 spiro atoms. The molecule has 0 amide bonds. The number of aliphatic hydroxyl groups excluding tert-OH is 1. The average Bonchev–Trinajstić information content (AvgIpc) is 2.31. The number of carboxylic acids is 1. The smallest absolute Gasteiger partial charge is 0.0861 e. The molecule has 96 valence electrons. The zero-order chi connectivity index (χ0) is 13.6. The largest absolute Gasteiger partial charge is 0.548 e. The van der Waals surface area contributed by atoms with E-state index in [0.717, 1.165) is 0 Å². The summed E-state index contributed by atoms with van der Waals surface area (Å²) in [4.78, 5) is 9.98. The summed E-state index contributed by atoms with van der Waals surface area (Å²) in [6.45, 7) is -0.154. The molecule has 0 unspecified atom stereocenters. The van der Waals surface area contributed by atoms with Gasteiger partial charge in [-0.1, -0.05) is 30.1 Å². The van der Waals surface area contributed by atoms with Gasteiger partial charge in [-0.15, -0.1) is 12.3 Å². The van der Waals surface area contributed by atoms with E-state index < -0.39 is 18.7 Å². The quantitative estimate of drug-likeness (QED) is 0.379. The number of ether oxygens (including phenoxy) is 1. The molecule has 18 heavy (non-hydrogen) atoms. The van der Waals surface area contributed by atoms with Crippen LogP contribution in [0.5, 0.6) is 0 Å². The van der Waals surface area contributed by atoms with E-state index >= 15 is 0 Å². The predicted octanol–water partition coefficient (Wildman–Crippen LogP) is -0.357. The Hall–Kier alpha value is -2.01. The zero-order valence-electron chi connectivity index (χ0n) is 9.96. The first kappa shape index (κ1) is 16.0. The fourth-order valence-electron chi connectivity index (χ4n) is 0.895. The maximum atomic E-state index is 9.98. The summed E-state index contributed by atoms with van der Waals surface area (Å²) in [5.41, 5.74) is 0. The molecule has 1 N–H and O–H groups in total. The lowest BCUT2D eigenvalue weighted by Gasteiger charge is -2.00. The Morgan fingerprint density at radius 1 is 1.50 bits per heavy atom. The van der Waals surface area contributed by atoms with Crippen LogP contribution in [-0.4, -0.2) is 30.4 Å². The van der Waals surface area contributed by atoms with Crippen LogP contribution in [0.1, 0.15) is 12.8 Å². The first-order valence-electron chi connectivity index (χ1n) is 5.37. The number of hydrogen-bond acceptors (Lipinski definition) is 4. The number of allylic oxidation sites excluding steroid dienone is 3. The highest BCUT2D eigenvalue weighted by Gasteiger charge is 1.91. The van der Waals surface area contributed by atoms with Gasteiger partial charge in [0.1, 0.15) is 0 Å².